The van der Waals surface area contributed by atoms with Crippen LogP contribution in [0.15, 0.2) is 18.2 Å². The van der Waals surface area contributed by atoms with Crippen molar-refractivity contribution in [2.24, 2.45) is 0 Å². The lowest BCUT2D eigenvalue weighted by Gasteiger charge is -2.24. The molecule has 2 N–H and O–H groups in total. The Labute approximate surface area is 131 Å². The molecular weight excluding hydrogens is 276 g/mol. The number of likely N-dealkylation sites (N-methyl/N-ethyl adjacent to an activating group) is 1. The lowest BCUT2D eigenvalue weighted by Crippen LogP contribution is -2.44. The fourth-order valence-electron chi connectivity index (χ4n) is 3.19. The van der Waals surface area contributed by atoms with Crippen molar-refractivity contribution < 1.29 is 4.79 Å². The monoisotopic (exact) mass is 300 g/mol. The zero-order chi connectivity index (χ0) is 15.5. The highest BCUT2D eigenvalue weighted by molar-refractivity contribution is 5.84. The van der Waals surface area contributed by atoms with Gasteiger partial charge in [0.05, 0.1) is 23.8 Å². The van der Waals surface area contributed by atoms with Crippen LogP contribution in [-0.4, -0.2) is 40.6 Å². The summed E-state index contributed by atoms with van der Waals surface area (Å²) >= 11 is 0. The van der Waals surface area contributed by atoms with Gasteiger partial charge in [-0.1, -0.05) is 24.5 Å². The predicted molar refractivity (Wildman–Crippen MR) is 87.6 cm³/mol. The minimum Gasteiger partial charge on any atom is -0.349 e. The van der Waals surface area contributed by atoms with Crippen molar-refractivity contribution in [3.63, 3.8) is 0 Å². The molecule has 2 aromatic rings. The summed E-state index contributed by atoms with van der Waals surface area (Å²) in [5.41, 5.74) is 3.12. The Bertz CT molecular complexity index is 664. The van der Waals surface area contributed by atoms with E-state index in [0.717, 1.165) is 36.0 Å². The number of carbonyl (C=O) groups is 1. The van der Waals surface area contributed by atoms with E-state index >= 15 is 0 Å². The maximum atomic E-state index is 12.5. The zero-order valence-corrected chi connectivity index (χ0v) is 13.4. The van der Waals surface area contributed by atoms with Crippen LogP contribution in [0.25, 0.3) is 10.9 Å². The van der Waals surface area contributed by atoms with Gasteiger partial charge in [0.15, 0.2) is 0 Å². The molecule has 0 bridgehead atoms. The van der Waals surface area contributed by atoms with Crippen molar-refractivity contribution in [1.29, 1.82) is 0 Å². The molecule has 5 nitrogen and oxygen atoms in total. The summed E-state index contributed by atoms with van der Waals surface area (Å²) in [4.78, 5) is 14.7. The van der Waals surface area contributed by atoms with E-state index in [1.807, 2.05) is 19.2 Å². The Balaban J connectivity index is 1.68. The third-order valence-corrected chi connectivity index (χ3v) is 4.55. The van der Waals surface area contributed by atoms with Crippen molar-refractivity contribution in [3.05, 3.63) is 29.5 Å². The standard InChI is InChI=1S/C17H24N4O/c1-12-7-8-14-13(10-12)15(20-19-14)11-18-17(22)16-6-4-3-5-9-21(16)2/h7-8,10,16H,3-6,9,11H2,1-2H3,(H,18,22)(H,19,20). The normalized spacial score (nSPS) is 20.0. The number of benzene rings is 1. The Morgan fingerprint density at radius 3 is 3.14 bits per heavy atom. The summed E-state index contributed by atoms with van der Waals surface area (Å²) in [6.07, 6.45) is 4.49. The van der Waals surface area contributed by atoms with Gasteiger partial charge in [-0.05, 0) is 45.5 Å². The largest absolute Gasteiger partial charge is 0.349 e. The molecular formula is C17H24N4O. The van der Waals surface area contributed by atoms with Gasteiger partial charge in [-0.15, -0.1) is 0 Å². The van der Waals surface area contributed by atoms with Gasteiger partial charge in [-0.2, -0.15) is 5.10 Å². The third-order valence-electron chi connectivity index (χ3n) is 4.55. The summed E-state index contributed by atoms with van der Waals surface area (Å²) in [6, 6.07) is 6.16. The molecule has 1 aromatic heterocycles. The summed E-state index contributed by atoms with van der Waals surface area (Å²) < 4.78 is 0. The van der Waals surface area contributed by atoms with Crippen LogP contribution in [0, 0.1) is 6.92 Å². The first-order valence-electron chi connectivity index (χ1n) is 8.07. The van der Waals surface area contributed by atoms with Crippen molar-refractivity contribution in [3.8, 4) is 0 Å². The fraction of sp³-hybridized carbons (Fsp3) is 0.529. The molecule has 2 heterocycles. The number of aryl methyl sites for hydroxylation is 1. The van der Waals surface area contributed by atoms with Crippen LogP contribution < -0.4 is 5.32 Å². The van der Waals surface area contributed by atoms with Gasteiger partial charge in [0.2, 0.25) is 5.91 Å². The Morgan fingerprint density at radius 2 is 2.27 bits per heavy atom. The molecule has 1 amide bonds. The number of H-pyrrole nitrogens is 1. The summed E-state index contributed by atoms with van der Waals surface area (Å²) in [5, 5.41) is 11.5. The van der Waals surface area contributed by atoms with Crippen molar-refractivity contribution in [2.75, 3.05) is 13.6 Å². The number of nitrogens with one attached hydrogen (secondary N) is 2. The zero-order valence-electron chi connectivity index (χ0n) is 13.4. The quantitative estimate of drug-likeness (QED) is 0.915. The molecule has 1 saturated heterocycles. The Hall–Kier alpha value is -1.88. The van der Waals surface area contributed by atoms with E-state index in [1.54, 1.807) is 0 Å². The number of rotatable bonds is 3. The van der Waals surface area contributed by atoms with E-state index in [4.69, 9.17) is 0 Å². The van der Waals surface area contributed by atoms with Crippen molar-refractivity contribution in [2.45, 2.75) is 45.2 Å². The second-order valence-corrected chi connectivity index (χ2v) is 6.29. The van der Waals surface area contributed by atoms with E-state index in [0.29, 0.717) is 6.54 Å². The molecule has 1 aliphatic heterocycles. The van der Waals surface area contributed by atoms with Crippen LogP contribution in [0.2, 0.25) is 0 Å². The van der Waals surface area contributed by atoms with E-state index in [1.165, 1.54) is 18.4 Å². The topological polar surface area (TPSA) is 61.0 Å². The maximum Gasteiger partial charge on any atom is 0.237 e. The third kappa shape index (κ3) is 3.14. The second-order valence-electron chi connectivity index (χ2n) is 6.29. The molecule has 0 radical (unpaired) electrons. The van der Waals surface area contributed by atoms with E-state index in [-0.39, 0.29) is 11.9 Å². The number of aromatic nitrogens is 2. The first-order valence-corrected chi connectivity index (χ1v) is 8.07. The number of fused-ring (bicyclic) bond motifs is 1. The number of carbonyl (C=O) groups excluding carboxylic acids is 1. The summed E-state index contributed by atoms with van der Waals surface area (Å²) in [5.74, 6) is 0.125. The Kier molecular flexibility index (Phi) is 4.43. The average molecular weight is 300 g/mol. The number of hydrogen-bond acceptors (Lipinski definition) is 3. The van der Waals surface area contributed by atoms with Gasteiger partial charge in [0, 0.05) is 5.39 Å². The number of likely N-dealkylation sites (tertiary alicyclic amines) is 1. The molecule has 22 heavy (non-hydrogen) atoms. The smallest absolute Gasteiger partial charge is 0.237 e. The minimum absolute atomic E-state index is 0.00146. The molecule has 5 heteroatoms. The van der Waals surface area contributed by atoms with E-state index in [9.17, 15) is 4.79 Å². The molecule has 3 rings (SSSR count). The first kappa shape index (κ1) is 15.0. The van der Waals surface area contributed by atoms with Crippen molar-refractivity contribution >= 4 is 16.8 Å². The maximum absolute atomic E-state index is 12.5. The molecule has 1 atom stereocenters. The SMILES string of the molecule is Cc1ccc2n[nH]c(CNC(=O)C3CCCCCN3C)c2c1. The highest BCUT2D eigenvalue weighted by atomic mass is 16.2. The molecule has 1 aliphatic rings. The number of hydrogen-bond donors (Lipinski definition) is 2. The summed E-state index contributed by atoms with van der Waals surface area (Å²) in [6.45, 7) is 3.57. The van der Waals surface area contributed by atoms with Gasteiger partial charge < -0.3 is 5.32 Å². The van der Waals surface area contributed by atoms with Gasteiger partial charge in [0.1, 0.15) is 0 Å². The molecule has 1 aromatic carbocycles. The van der Waals surface area contributed by atoms with Gasteiger partial charge in [-0.3, -0.25) is 14.8 Å². The highest BCUT2D eigenvalue weighted by Crippen LogP contribution is 2.18. The summed E-state index contributed by atoms with van der Waals surface area (Å²) in [7, 11) is 2.05. The second kappa shape index (κ2) is 6.48. The lowest BCUT2D eigenvalue weighted by atomic mass is 10.1. The molecule has 0 spiro atoms. The molecule has 1 unspecified atom stereocenters. The number of amides is 1. The van der Waals surface area contributed by atoms with Crippen LogP contribution in [0.3, 0.4) is 0 Å². The van der Waals surface area contributed by atoms with Crippen LogP contribution in [0.5, 0.6) is 0 Å². The van der Waals surface area contributed by atoms with Gasteiger partial charge in [-0.25, -0.2) is 0 Å². The van der Waals surface area contributed by atoms with Gasteiger partial charge in [0.25, 0.3) is 0 Å². The predicted octanol–water partition coefficient (Wildman–Crippen LogP) is 2.36. The minimum atomic E-state index is -0.00146. The molecule has 0 aliphatic carbocycles. The highest BCUT2D eigenvalue weighted by Gasteiger charge is 2.24. The lowest BCUT2D eigenvalue weighted by molar-refractivity contribution is -0.126. The van der Waals surface area contributed by atoms with Crippen molar-refractivity contribution in [1.82, 2.24) is 20.4 Å². The van der Waals surface area contributed by atoms with Crippen LogP contribution >= 0.6 is 0 Å². The van der Waals surface area contributed by atoms with Crippen LogP contribution in [0.1, 0.15) is 36.9 Å². The Morgan fingerprint density at radius 1 is 1.41 bits per heavy atom. The molecule has 1 fully saturated rings. The average Bonchev–Trinajstić information content (AvgIpc) is 2.77. The molecule has 0 saturated carbocycles. The van der Waals surface area contributed by atoms with E-state index in [2.05, 4.69) is 33.4 Å². The number of aromatic amines is 1. The fourth-order valence-corrected chi connectivity index (χ4v) is 3.19. The number of nitrogens with zero attached hydrogens (tertiary/aromatic N) is 2. The van der Waals surface area contributed by atoms with Crippen LogP contribution in [0.4, 0.5) is 0 Å². The van der Waals surface area contributed by atoms with E-state index < -0.39 is 0 Å². The molecule has 118 valence electrons. The van der Waals surface area contributed by atoms with Crippen LogP contribution in [-0.2, 0) is 11.3 Å². The first-order chi connectivity index (χ1) is 10.6. The van der Waals surface area contributed by atoms with Gasteiger partial charge >= 0.3 is 0 Å².